The molecule has 33 heavy (non-hydrogen) atoms. The summed E-state index contributed by atoms with van der Waals surface area (Å²) < 4.78 is 16.6. The lowest BCUT2D eigenvalue weighted by Gasteiger charge is -2.15. The monoisotopic (exact) mass is 444 g/mol. The van der Waals surface area contributed by atoms with E-state index in [1.165, 1.54) is 33.4 Å². The van der Waals surface area contributed by atoms with E-state index in [0.717, 1.165) is 17.2 Å². The molecule has 1 aromatic heterocycles. The fourth-order valence-corrected chi connectivity index (χ4v) is 3.71. The first-order valence-corrected chi connectivity index (χ1v) is 10.4. The van der Waals surface area contributed by atoms with Crippen LogP contribution in [-0.2, 0) is 24.3 Å². The Morgan fingerprint density at radius 3 is 2.33 bits per heavy atom. The van der Waals surface area contributed by atoms with E-state index in [1.807, 2.05) is 30.3 Å². The van der Waals surface area contributed by atoms with Crippen molar-refractivity contribution in [3.8, 4) is 0 Å². The summed E-state index contributed by atoms with van der Waals surface area (Å²) in [6, 6.07) is 20.4. The van der Waals surface area contributed by atoms with Gasteiger partial charge in [0.25, 0.3) is 5.56 Å². The van der Waals surface area contributed by atoms with E-state index in [0.29, 0.717) is 12.0 Å². The van der Waals surface area contributed by atoms with Gasteiger partial charge in [0, 0.05) is 12.6 Å². The normalized spacial score (nSPS) is 11.3. The number of fused-ring (bicyclic) bond motifs is 1. The lowest BCUT2D eigenvalue weighted by atomic mass is 10.1. The van der Waals surface area contributed by atoms with E-state index in [9.17, 15) is 18.8 Å². The van der Waals surface area contributed by atoms with E-state index in [1.54, 1.807) is 24.3 Å². The van der Waals surface area contributed by atoms with Crippen LogP contribution < -0.4 is 11.2 Å². The molecule has 0 bridgehead atoms. The van der Waals surface area contributed by atoms with Crippen LogP contribution in [0.15, 0.2) is 88.5 Å². The zero-order valence-electron chi connectivity index (χ0n) is 17.6. The lowest BCUT2D eigenvalue weighted by Crippen LogP contribution is -2.40. The van der Waals surface area contributed by atoms with Crippen LogP contribution in [0.5, 0.6) is 0 Å². The van der Waals surface area contributed by atoms with Crippen LogP contribution in [0.1, 0.15) is 16.7 Å². The Kier molecular flexibility index (Phi) is 6.31. The van der Waals surface area contributed by atoms with Gasteiger partial charge in [-0.1, -0.05) is 54.6 Å². The van der Waals surface area contributed by atoms with Gasteiger partial charge in [-0.15, -0.1) is 0 Å². The van der Waals surface area contributed by atoms with Gasteiger partial charge < -0.3 is 5.11 Å². The van der Waals surface area contributed by atoms with E-state index in [2.05, 4.69) is 0 Å². The van der Waals surface area contributed by atoms with Crippen LogP contribution in [0.25, 0.3) is 17.0 Å². The second-order valence-corrected chi connectivity index (χ2v) is 7.64. The van der Waals surface area contributed by atoms with Crippen LogP contribution >= 0.6 is 0 Å². The van der Waals surface area contributed by atoms with Crippen molar-refractivity contribution in [2.45, 2.75) is 19.5 Å². The number of carbonyl (C=O) groups is 1. The summed E-state index contributed by atoms with van der Waals surface area (Å²) in [6.45, 7) is 0.335. The first-order valence-electron chi connectivity index (χ1n) is 10.4. The molecule has 0 fully saturated rings. The largest absolute Gasteiger partial charge is 0.478 e. The van der Waals surface area contributed by atoms with Crippen molar-refractivity contribution in [1.82, 2.24) is 9.13 Å². The summed E-state index contributed by atoms with van der Waals surface area (Å²) in [5.74, 6) is -1.58. The minimum Gasteiger partial charge on any atom is -0.478 e. The van der Waals surface area contributed by atoms with E-state index in [4.69, 9.17) is 5.11 Å². The first kappa shape index (κ1) is 22.0. The van der Waals surface area contributed by atoms with Crippen LogP contribution in [0, 0.1) is 5.82 Å². The summed E-state index contributed by atoms with van der Waals surface area (Å²) in [4.78, 5) is 37.0. The van der Waals surface area contributed by atoms with Gasteiger partial charge in [0.1, 0.15) is 5.82 Å². The Hall–Kier alpha value is -4.26. The van der Waals surface area contributed by atoms with Gasteiger partial charge in [-0.05, 0) is 47.4 Å². The minimum atomic E-state index is -1.04. The van der Waals surface area contributed by atoms with Gasteiger partial charge in [0.2, 0.25) is 0 Å². The standard InChI is InChI=1S/C26H21FN2O4/c27-21-11-12-22-23(16-21)29(17-20-8-6-19(7-9-20)10-13-24(30)31)26(33)28(25(22)32)15-14-18-4-2-1-3-5-18/h1-13,16H,14-15,17H2,(H,30,31)/b13-10+. The zero-order chi connectivity index (χ0) is 23.4. The maximum atomic E-state index is 14.0. The summed E-state index contributed by atoms with van der Waals surface area (Å²) in [7, 11) is 0. The molecule has 0 aliphatic rings. The molecule has 0 atom stereocenters. The third-order valence-electron chi connectivity index (χ3n) is 5.39. The highest BCUT2D eigenvalue weighted by atomic mass is 19.1. The summed E-state index contributed by atoms with van der Waals surface area (Å²) >= 11 is 0. The molecule has 3 aromatic carbocycles. The van der Waals surface area contributed by atoms with Gasteiger partial charge in [0.15, 0.2) is 0 Å². The number of halogens is 1. The maximum Gasteiger partial charge on any atom is 0.331 e. The van der Waals surface area contributed by atoms with Crippen molar-refractivity contribution in [1.29, 1.82) is 0 Å². The van der Waals surface area contributed by atoms with Crippen molar-refractivity contribution >= 4 is 22.9 Å². The number of carboxylic acid groups (broad SMARTS) is 1. The van der Waals surface area contributed by atoms with E-state index >= 15 is 0 Å². The Morgan fingerprint density at radius 2 is 1.64 bits per heavy atom. The Balaban J connectivity index is 1.74. The second kappa shape index (κ2) is 9.48. The molecule has 0 spiro atoms. The van der Waals surface area contributed by atoms with Gasteiger partial charge >= 0.3 is 11.7 Å². The molecule has 0 saturated heterocycles. The number of aromatic nitrogens is 2. The van der Waals surface area contributed by atoms with Crippen LogP contribution in [0.2, 0.25) is 0 Å². The summed E-state index contributed by atoms with van der Waals surface area (Å²) in [5, 5.41) is 9.03. The molecule has 0 amide bonds. The molecule has 1 N–H and O–H groups in total. The number of aliphatic carboxylic acids is 1. The molecule has 0 radical (unpaired) electrons. The average molecular weight is 444 g/mol. The fraction of sp³-hybridized carbons (Fsp3) is 0.115. The maximum absolute atomic E-state index is 14.0. The predicted octanol–water partition coefficient (Wildman–Crippen LogP) is 3.69. The topological polar surface area (TPSA) is 81.3 Å². The van der Waals surface area contributed by atoms with Crippen molar-refractivity contribution in [2.24, 2.45) is 0 Å². The highest BCUT2D eigenvalue weighted by Crippen LogP contribution is 2.14. The molecule has 4 rings (SSSR count). The molecule has 6 nitrogen and oxygen atoms in total. The van der Waals surface area contributed by atoms with Crippen molar-refractivity contribution in [3.63, 3.8) is 0 Å². The number of carboxylic acids is 1. The number of hydrogen-bond acceptors (Lipinski definition) is 3. The van der Waals surface area contributed by atoms with Gasteiger partial charge in [-0.3, -0.25) is 13.9 Å². The predicted molar refractivity (Wildman–Crippen MR) is 125 cm³/mol. The van der Waals surface area contributed by atoms with Crippen LogP contribution in [0.4, 0.5) is 4.39 Å². The molecule has 0 aliphatic heterocycles. The second-order valence-electron chi connectivity index (χ2n) is 7.64. The van der Waals surface area contributed by atoms with Crippen LogP contribution in [0.3, 0.4) is 0 Å². The first-order chi connectivity index (χ1) is 15.9. The van der Waals surface area contributed by atoms with Gasteiger partial charge in [-0.2, -0.15) is 0 Å². The smallest absolute Gasteiger partial charge is 0.331 e. The minimum absolute atomic E-state index is 0.132. The molecule has 166 valence electrons. The molecule has 0 aliphatic carbocycles. The van der Waals surface area contributed by atoms with Crippen molar-refractivity contribution < 1.29 is 14.3 Å². The van der Waals surface area contributed by atoms with E-state index < -0.39 is 23.0 Å². The number of hydrogen-bond donors (Lipinski definition) is 1. The molecule has 0 unspecified atom stereocenters. The highest BCUT2D eigenvalue weighted by molar-refractivity contribution is 5.85. The van der Waals surface area contributed by atoms with Crippen LogP contribution in [-0.4, -0.2) is 20.2 Å². The number of aryl methyl sites for hydroxylation is 1. The molecular weight excluding hydrogens is 423 g/mol. The number of benzene rings is 3. The number of rotatable bonds is 7. The molecule has 4 aromatic rings. The summed E-state index contributed by atoms with van der Waals surface area (Å²) in [5.41, 5.74) is 1.72. The Morgan fingerprint density at radius 1 is 0.909 bits per heavy atom. The molecular formula is C26H21FN2O4. The number of nitrogens with zero attached hydrogens (tertiary/aromatic N) is 2. The highest BCUT2D eigenvalue weighted by Gasteiger charge is 2.14. The quantitative estimate of drug-likeness (QED) is 0.441. The van der Waals surface area contributed by atoms with Crippen molar-refractivity contribution in [2.75, 3.05) is 0 Å². The molecule has 1 heterocycles. The third-order valence-corrected chi connectivity index (χ3v) is 5.39. The lowest BCUT2D eigenvalue weighted by molar-refractivity contribution is -0.131. The van der Waals surface area contributed by atoms with Gasteiger partial charge in [0.05, 0.1) is 17.4 Å². The zero-order valence-corrected chi connectivity index (χ0v) is 17.6. The SMILES string of the molecule is O=C(O)/C=C/c1ccc(Cn2c(=O)n(CCc3ccccc3)c(=O)c3ccc(F)cc32)cc1. The Labute approximate surface area is 188 Å². The van der Waals surface area contributed by atoms with Crippen molar-refractivity contribution in [3.05, 3.63) is 122 Å². The molecule has 0 saturated carbocycles. The summed E-state index contributed by atoms with van der Waals surface area (Å²) in [6.07, 6.45) is 3.01. The average Bonchev–Trinajstić information content (AvgIpc) is 2.81. The van der Waals surface area contributed by atoms with E-state index in [-0.39, 0.29) is 24.0 Å². The van der Waals surface area contributed by atoms with Gasteiger partial charge in [-0.25, -0.2) is 14.0 Å². The Bertz CT molecular complexity index is 1450. The molecule has 7 heteroatoms. The third kappa shape index (κ3) is 4.98. The fourth-order valence-electron chi connectivity index (χ4n) is 3.71.